The first-order chi connectivity index (χ1) is 36.7. The minimum Gasteiger partial charge on any atom is -0.309 e. The maximum atomic E-state index is 2.55. The topological polar surface area (TPSA) is 15.3 Å². The summed E-state index contributed by atoms with van der Waals surface area (Å²) in [5.74, 6) is 0. The van der Waals surface area contributed by atoms with E-state index in [4.69, 9.17) is 0 Å². The number of hydrogen-bond donors (Lipinski definition) is 0. The molecule has 74 heavy (non-hydrogen) atoms. The summed E-state index contributed by atoms with van der Waals surface area (Å²) in [6.45, 7) is 4.43. The molecule has 0 aliphatic rings. The van der Waals surface area contributed by atoms with E-state index in [1.165, 1.54) is 110 Å². The zero-order valence-corrected chi connectivity index (χ0v) is 41.3. The lowest BCUT2D eigenvalue weighted by Gasteiger charge is -2.28. The molecule has 4 heteroatoms. The summed E-state index contributed by atoms with van der Waals surface area (Å²) >= 11 is 0. The third-order valence-electron chi connectivity index (χ3n) is 15.9. The average molecular weight is 947 g/mol. The Morgan fingerprint density at radius 1 is 0.297 bits per heavy atom. The molecule has 4 nitrogen and oxygen atoms in total. The van der Waals surface area contributed by atoms with Gasteiger partial charge >= 0.3 is 0 Å². The minimum atomic E-state index is 1.01. The lowest BCUT2D eigenvalue weighted by molar-refractivity contribution is 1.14. The first-order valence-corrected chi connectivity index (χ1v) is 26.1. The summed E-state index contributed by atoms with van der Waals surface area (Å²) in [6, 6.07) is 90.2. The van der Waals surface area contributed by atoms with Crippen molar-refractivity contribution < 1.29 is 0 Å². The van der Waals surface area contributed by atoms with Crippen LogP contribution < -0.4 is 9.80 Å². The molecule has 0 aliphatic heterocycles. The second-order valence-corrected chi connectivity index (χ2v) is 19.8. The summed E-state index contributed by atoms with van der Waals surface area (Å²) in [7, 11) is 0. The number of nitrogens with zero attached hydrogens (tertiary/aromatic N) is 4. The molecule has 0 saturated heterocycles. The van der Waals surface area contributed by atoms with E-state index in [1.54, 1.807) is 0 Å². The Morgan fingerprint density at radius 2 is 0.676 bits per heavy atom. The van der Waals surface area contributed by atoms with Gasteiger partial charge in [-0.3, -0.25) is 0 Å². The van der Waals surface area contributed by atoms with Crippen molar-refractivity contribution >= 4 is 110 Å². The third-order valence-corrected chi connectivity index (χ3v) is 15.9. The van der Waals surface area contributed by atoms with Crippen molar-refractivity contribution in [1.82, 2.24) is 8.80 Å². The average Bonchev–Trinajstić information content (AvgIpc) is 4.23. The number of benzene rings is 11. The highest BCUT2D eigenvalue weighted by atomic mass is 15.2. The number of para-hydroxylation sites is 6. The molecular formula is C70H50N4. The minimum absolute atomic E-state index is 1.01. The van der Waals surface area contributed by atoms with Crippen molar-refractivity contribution in [1.29, 1.82) is 0 Å². The van der Waals surface area contributed by atoms with Crippen LogP contribution in [0.2, 0.25) is 0 Å². The third kappa shape index (κ3) is 6.15. The molecule has 0 fully saturated rings. The smallest absolute Gasteiger partial charge is 0.0641 e. The fraction of sp³-hybridized carbons (Fsp3) is 0.0571. The summed E-state index contributed by atoms with van der Waals surface area (Å²) in [6.07, 6.45) is 2.02. The molecule has 0 saturated carbocycles. The molecular weight excluding hydrogens is 897 g/mol. The van der Waals surface area contributed by atoms with Crippen LogP contribution in [0.15, 0.2) is 243 Å². The van der Waals surface area contributed by atoms with Crippen LogP contribution >= 0.6 is 0 Å². The van der Waals surface area contributed by atoms with Crippen molar-refractivity contribution in [2.24, 2.45) is 0 Å². The lowest BCUT2D eigenvalue weighted by atomic mass is 9.98. The lowest BCUT2D eigenvalue weighted by Crippen LogP contribution is -2.11. The summed E-state index contributed by atoms with van der Waals surface area (Å²) in [4.78, 5) is 4.97. The van der Waals surface area contributed by atoms with Gasteiger partial charge in [0.2, 0.25) is 0 Å². The van der Waals surface area contributed by atoms with Gasteiger partial charge in [-0.1, -0.05) is 184 Å². The quantitative estimate of drug-likeness (QED) is 0.136. The van der Waals surface area contributed by atoms with Gasteiger partial charge in [0.1, 0.15) is 0 Å². The molecule has 0 amide bonds. The van der Waals surface area contributed by atoms with Gasteiger partial charge in [-0.25, -0.2) is 0 Å². The Bertz CT molecular complexity index is 4310. The second kappa shape index (κ2) is 16.6. The first-order valence-electron chi connectivity index (χ1n) is 26.1. The first kappa shape index (κ1) is 42.3. The van der Waals surface area contributed by atoms with E-state index in [0.717, 1.165) is 47.0 Å². The molecule has 11 aromatic carbocycles. The molecule has 0 N–H and O–H groups in total. The molecule has 350 valence electrons. The van der Waals surface area contributed by atoms with Gasteiger partial charge in [-0.2, -0.15) is 0 Å². The van der Waals surface area contributed by atoms with Gasteiger partial charge < -0.3 is 18.6 Å². The number of hydrogen-bond acceptors (Lipinski definition) is 2. The van der Waals surface area contributed by atoms with E-state index >= 15 is 0 Å². The highest BCUT2D eigenvalue weighted by molar-refractivity contribution is 6.32. The van der Waals surface area contributed by atoms with Crippen LogP contribution in [0.3, 0.4) is 0 Å². The van der Waals surface area contributed by atoms with E-state index in [-0.39, 0.29) is 0 Å². The number of aryl methyl sites for hydroxylation is 2. The van der Waals surface area contributed by atoms with Crippen LogP contribution in [0.1, 0.15) is 25.0 Å². The predicted octanol–water partition coefficient (Wildman–Crippen LogP) is 19.4. The largest absolute Gasteiger partial charge is 0.309 e. The molecule has 0 spiro atoms. The summed E-state index contributed by atoms with van der Waals surface area (Å²) in [5.41, 5.74) is 21.6. The van der Waals surface area contributed by atoms with Crippen molar-refractivity contribution in [2.75, 3.05) is 9.80 Å². The Balaban J connectivity index is 0.991. The van der Waals surface area contributed by atoms with Gasteiger partial charge in [-0.15, -0.1) is 0 Å². The van der Waals surface area contributed by atoms with Gasteiger partial charge in [0.25, 0.3) is 0 Å². The highest BCUT2D eigenvalue weighted by Gasteiger charge is 2.29. The van der Waals surface area contributed by atoms with Gasteiger partial charge in [0.05, 0.1) is 55.8 Å². The molecule has 4 aromatic heterocycles. The second-order valence-electron chi connectivity index (χ2n) is 19.8. The predicted molar refractivity (Wildman–Crippen MR) is 315 cm³/mol. The number of fused-ring (bicyclic) bond motifs is 12. The van der Waals surface area contributed by atoms with Gasteiger partial charge in [-0.05, 0) is 108 Å². The van der Waals surface area contributed by atoms with E-state index in [2.05, 4.69) is 275 Å². The molecule has 15 aromatic rings. The Hall–Kier alpha value is -9.38. The normalized spacial score (nSPS) is 12.0. The molecule has 0 aliphatic carbocycles. The highest BCUT2D eigenvalue weighted by Crippen LogP contribution is 2.52. The number of anilines is 6. The van der Waals surface area contributed by atoms with Crippen molar-refractivity contribution in [3.05, 3.63) is 254 Å². The van der Waals surface area contributed by atoms with Crippen LogP contribution in [0, 0.1) is 0 Å². The molecule has 4 heterocycles. The van der Waals surface area contributed by atoms with Crippen LogP contribution in [0.5, 0.6) is 0 Å². The maximum absolute atomic E-state index is 2.55. The van der Waals surface area contributed by atoms with Crippen molar-refractivity contribution in [2.45, 2.75) is 26.7 Å². The van der Waals surface area contributed by atoms with Crippen molar-refractivity contribution in [3.63, 3.8) is 0 Å². The van der Waals surface area contributed by atoms with Gasteiger partial charge in [0.15, 0.2) is 0 Å². The maximum Gasteiger partial charge on any atom is 0.0641 e. The number of rotatable bonds is 10. The zero-order valence-electron chi connectivity index (χ0n) is 41.3. The molecule has 15 rings (SSSR count). The van der Waals surface area contributed by atoms with Crippen LogP contribution in [-0.4, -0.2) is 8.80 Å². The Morgan fingerprint density at radius 3 is 1.09 bits per heavy atom. The van der Waals surface area contributed by atoms with E-state index in [9.17, 15) is 0 Å². The van der Waals surface area contributed by atoms with Crippen LogP contribution in [0.25, 0.3) is 98.4 Å². The fourth-order valence-corrected chi connectivity index (χ4v) is 12.5. The SMILES string of the molecule is CCc1ccc(-c2ccccc2N(c2ccccc2)c2ccc3c4cc5c(cc4n4c6ccccc6c2c34)c2ccc(N(c3ccccc3)c3ccccc3-c3ccc(CC)cc3)c3c4ccccc4n5c23)cc1. The molecule has 0 bridgehead atoms. The molecule has 0 unspecified atom stereocenters. The Labute approximate surface area is 429 Å². The van der Waals surface area contributed by atoms with Crippen LogP contribution in [0.4, 0.5) is 34.1 Å². The number of aromatic nitrogens is 2. The molecule has 0 radical (unpaired) electrons. The van der Waals surface area contributed by atoms with E-state index in [1.807, 2.05) is 0 Å². The van der Waals surface area contributed by atoms with E-state index in [0.29, 0.717) is 0 Å². The van der Waals surface area contributed by atoms with Crippen LogP contribution in [-0.2, 0) is 12.8 Å². The zero-order chi connectivity index (χ0) is 49.0. The van der Waals surface area contributed by atoms with Gasteiger partial charge in [0, 0.05) is 65.6 Å². The Kier molecular flexibility index (Phi) is 9.49. The fourth-order valence-electron chi connectivity index (χ4n) is 12.5. The van der Waals surface area contributed by atoms with E-state index < -0.39 is 0 Å². The monoisotopic (exact) mass is 946 g/mol. The summed E-state index contributed by atoms with van der Waals surface area (Å²) in [5, 5.41) is 9.96. The standard InChI is InChI=1S/C70H50N4/c1-3-45-31-35-47(36-32-45)51-23-11-15-27-59(51)71(49-19-7-5-8-20-49)63-41-39-53-57-43-66-58(44-65(57)73-61-29-17-13-25-55(61)67(63)69(53)73)54-40-42-64(68-56-26-14-18-30-62(56)74(66)70(54)68)72(50-21-9-6-10-22-50)60-28-16-12-24-52(60)48-37-33-46(4-2)34-38-48/h5-44H,3-4H2,1-2H3. The summed E-state index contributed by atoms with van der Waals surface area (Å²) < 4.78 is 5.10. The van der Waals surface area contributed by atoms with Crippen molar-refractivity contribution in [3.8, 4) is 22.3 Å². The molecule has 0 atom stereocenters.